The van der Waals surface area contributed by atoms with Crippen molar-refractivity contribution in [1.82, 2.24) is 9.97 Å². The molecule has 0 saturated heterocycles. The minimum atomic E-state index is 1.04. The van der Waals surface area contributed by atoms with Gasteiger partial charge in [-0.1, -0.05) is 45.2 Å². The molecule has 0 atom stereocenters. The van der Waals surface area contributed by atoms with Gasteiger partial charge in [-0.05, 0) is 37.8 Å². The summed E-state index contributed by atoms with van der Waals surface area (Å²) in [6.45, 7) is 4.47. The van der Waals surface area contributed by atoms with Crippen molar-refractivity contribution in [3.63, 3.8) is 0 Å². The van der Waals surface area contributed by atoms with Crippen molar-refractivity contribution >= 4 is 11.0 Å². The van der Waals surface area contributed by atoms with Gasteiger partial charge in [-0.2, -0.15) is 0 Å². The van der Waals surface area contributed by atoms with Crippen LogP contribution in [-0.2, 0) is 12.8 Å². The van der Waals surface area contributed by atoms with Gasteiger partial charge in [-0.15, -0.1) is 0 Å². The minimum absolute atomic E-state index is 1.04. The van der Waals surface area contributed by atoms with E-state index in [0.717, 1.165) is 23.9 Å². The highest BCUT2D eigenvalue weighted by atomic mass is 14.8. The molecule has 0 aliphatic heterocycles. The molecule has 2 aromatic rings. The molecule has 0 aliphatic rings. The van der Waals surface area contributed by atoms with Gasteiger partial charge in [-0.25, -0.2) is 9.97 Å². The van der Waals surface area contributed by atoms with E-state index in [1.54, 1.807) is 0 Å². The van der Waals surface area contributed by atoms with Crippen LogP contribution in [-0.4, -0.2) is 9.97 Å². The summed E-state index contributed by atoms with van der Waals surface area (Å²) in [5, 5.41) is 0. The Morgan fingerprint density at radius 2 is 1.26 bits per heavy atom. The fourth-order valence-electron chi connectivity index (χ4n) is 2.36. The maximum absolute atomic E-state index is 4.84. The van der Waals surface area contributed by atoms with Gasteiger partial charge in [0.2, 0.25) is 0 Å². The van der Waals surface area contributed by atoms with E-state index >= 15 is 0 Å². The average Bonchev–Trinajstić information content (AvgIpc) is 2.45. The molecule has 0 saturated carbocycles. The lowest BCUT2D eigenvalue weighted by atomic mass is 10.1. The van der Waals surface area contributed by atoms with E-state index in [2.05, 4.69) is 26.0 Å². The molecule has 0 unspecified atom stereocenters. The molecule has 19 heavy (non-hydrogen) atoms. The van der Waals surface area contributed by atoms with Crippen LogP contribution in [0.25, 0.3) is 11.0 Å². The predicted octanol–water partition coefficient (Wildman–Crippen LogP) is 4.71. The molecule has 2 nitrogen and oxygen atoms in total. The molecular formula is C17H24N2. The first-order valence-electron chi connectivity index (χ1n) is 7.59. The normalized spacial score (nSPS) is 11.1. The Bertz CT molecular complexity index is 520. The van der Waals surface area contributed by atoms with Crippen LogP contribution in [0, 0.1) is 0 Å². The summed E-state index contributed by atoms with van der Waals surface area (Å²) < 4.78 is 0. The second-order valence-electron chi connectivity index (χ2n) is 5.17. The van der Waals surface area contributed by atoms with Crippen LogP contribution in [0.1, 0.15) is 57.3 Å². The second-order valence-corrected chi connectivity index (χ2v) is 5.17. The SMILES string of the molecule is CCCCCc1nc2ccccc2nc1CCCC. The van der Waals surface area contributed by atoms with Gasteiger partial charge in [0.05, 0.1) is 22.4 Å². The molecular weight excluding hydrogens is 232 g/mol. The third-order valence-corrected chi connectivity index (χ3v) is 3.51. The van der Waals surface area contributed by atoms with Gasteiger partial charge in [-0.3, -0.25) is 0 Å². The van der Waals surface area contributed by atoms with E-state index in [4.69, 9.17) is 9.97 Å². The summed E-state index contributed by atoms with van der Waals surface area (Å²) in [4.78, 5) is 9.67. The quantitative estimate of drug-likeness (QED) is 0.671. The summed E-state index contributed by atoms with van der Waals surface area (Å²) in [6.07, 6.45) is 8.31. The number of nitrogens with zero attached hydrogens (tertiary/aromatic N) is 2. The van der Waals surface area contributed by atoms with Crippen LogP contribution in [0.15, 0.2) is 24.3 Å². The van der Waals surface area contributed by atoms with Crippen LogP contribution in [0.4, 0.5) is 0 Å². The van der Waals surface area contributed by atoms with E-state index in [0.29, 0.717) is 0 Å². The van der Waals surface area contributed by atoms with Crippen molar-refractivity contribution < 1.29 is 0 Å². The second kappa shape index (κ2) is 7.22. The van der Waals surface area contributed by atoms with Crippen molar-refractivity contribution in [3.8, 4) is 0 Å². The number of fused-ring (bicyclic) bond motifs is 1. The molecule has 0 bridgehead atoms. The standard InChI is InChI=1S/C17H24N2/c1-3-5-7-11-15-14(10-6-4-2)18-16-12-8-9-13-17(16)19-15/h8-9,12-13H,3-7,10-11H2,1-2H3. The summed E-state index contributed by atoms with van der Waals surface area (Å²) in [5.74, 6) is 0. The van der Waals surface area contributed by atoms with Crippen molar-refractivity contribution in [3.05, 3.63) is 35.7 Å². The van der Waals surface area contributed by atoms with Crippen LogP contribution >= 0.6 is 0 Å². The van der Waals surface area contributed by atoms with Crippen molar-refractivity contribution in [2.45, 2.75) is 58.8 Å². The first-order valence-corrected chi connectivity index (χ1v) is 7.59. The molecule has 0 aliphatic carbocycles. The van der Waals surface area contributed by atoms with E-state index in [1.807, 2.05) is 12.1 Å². The first kappa shape index (κ1) is 14.0. The fourth-order valence-corrected chi connectivity index (χ4v) is 2.36. The maximum Gasteiger partial charge on any atom is 0.0890 e. The van der Waals surface area contributed by atoms with Crippen LogP contribution in [0.3, 0.4) is 0 Å². The fraction of sp³-hybridized carbons (Fsp3) is 0.529. The van der Waals surface area contributed by atoms with Gasteiger partial charge in [0.15, 0.2) is 0 Å². The highest BCUT2D eigenvalue weighted by Crippen LogP contribution is 2.17. The summed E-state index contributed by atoms with van der Waals surface area (Å²) in [6, 6.07) is 8.21. The van der Waals surface area contributed by atoms with E-state index in [9.17, 15) is 0 Å². The Labute approximate surface area is 116 Å². The van der Waals surface area contributed by atoms with Gasteiger partial charge < -0.3 is 0 Å². The molecule has 102 valence electrons. The number of rotatable bonds is 7. The Morgan fingerprint density at radius 1 is 0.737 bits per heavy atom. The smallest absolute Gasteiger partial charge is 0.0890 e. The lowest BCUT2D eigenvalue weighted by Crippen LogP contribution is -2.03. The number of benzene rings is 1. The Balaban J connectivity index is 2.27. The molecule has 0 radical (unpaired) electrons. The number of hydrogen-bond donors (Lipinski definition) is 0. The van der Waals surface area contributed by atoms with Gasteiger partial charge >= 0.3 is 0 Å². The molecule has 1 aromatic heterocycles. The zero-order valence-corrected chi connectivity index (χ0v) is 12.2. The van der Waals surface area contributed by atoms with Crippen LogP contribution in [0.5, 0.6) is 0 Å². The number of unbranched alkanes of at least 4 members (excludes halogenated alkanes) is 3. The van der Waals surface area contributed by atoms with Crippen LogP contribution in [0.2, 0.25) is 0 Å². The van der Waals surface area contributed by atoms with E-state index < -0.39 is 0 Å². The molecule has 2 rings (SSSR count). The third-order valence-electron chi connectivity index (χ3n) is 3.51. The average molecular weight is 256 g/mol. The molecule has 1 heterocycles. The molecule has 0 spiro atoms. The van der Waals surface area contributed by atoms with Crippen molar-refractivity contribution in [2.24, 2.45) is 0 Å². The lowest BCUT2D eigenvalue weighted by molar-refractivity contribution is 0.690. The van der Waals surface area contributed by atoms with Crippen molar-refractivity contribution in [2.75, 3.05) is 0 Å². The molecule has 1 aromatic carbocycles. The zero-order valence-electron chi connectivity index (χ0n) is 12.2. The summed E-state index contributed by atoms with van der Waals surface area (Å²) in [5.41, 5.74) is 4.51. The van der Waals surface area contributed by atoms with Gasteiger partial charge in [0.25, 0.3) is 0 Å². The van der Waals surface area contributed by atoms with Gasteiger partial charge in [0, 0.05) is 0 Å². The monoisotopic (exact) mass is 256 g/mol. The number of aromatic nitrogens is 2. The Morgan fingerprint density at radius 3 is 1.79 bits per heavy atom. The predicted molar refractivity (Wildman–Crippen MR) is 81.4 cm³/mol. The number of hydrogen-bond acceptors (Lipinski definition) is 2. The highest BCUT2D eigenvalue weighted by Gasteiger charge is 2.08. The summed E-state index contributed by atoms with van der Waals surface area (Å²) >= 11 is 0. The maximum atomic E-state index is 4.84. The Hall–Kier alpha value is -1.44. The van der Waals surface area contributed by atoms with E-state index in [-0.39, 0.29) is 0 Å². The van der Waals surface area contributed by atoms with Gasteiger partial charge in [0.1, 0.15) is 0 Å². The molecule has 0 fully saturated rings. The first-order chi connectivity index (χ1) is 9.35. The van der Waals surface area contributed by atoms with Crippen molar-refractivity contribution in [1.29, 1.82) is 0 Å². The third kappa shape index (κ3) is 3.76. The zero-order chi connectivity index (χ0) is 13.5. The number of aryl methyl sites for hydroxylation is 2. The van der Waals surface area contributed by atoms with Crippen LogP contribution < -0.4 is 0 Å². The largest absolute Gasteiger partial charge is 0.249 e. The minimum Gasteiger partial charge on any atom is -0.249 e. The molecule has 2 heteroatoms. The topological polar surface area (TPSA) is 25.8 Å². The van der Waals surface area contributed by atoms with E-state index in [1.165, 1.54) is 43.5 Å². The molecule has 0 amide bonds. The highest BCUT2D eigenvalue weighted by molar-refractivity contribution is 5.74. The summed E-state index contributed by atoms with van der Waals surface area (Å²) in [7, 11) is 0. The Kier molecular flexibility index (Phi) is 5.31. The lowest BCUT2D eigenvalue weighted by Gasteiger charge is -2.09. The molecule has 0 N–H and O–H groups in total. The number of para-hydroxylation sites is 2.